The van der Waals surface area contributed by atoms with Gasteiger partial charge in [0.05, 0.1) is 12.2 Å². The topological polar surface area (TPSA) is 17.8 Å². The maximum absolute atomic E-state index is 4.59. The Morgan fingerprint density at radius 1 is 0.789 bits per heavy atom. The summed E-state index contributed by atoms with van der Waals surface area (Å²) in [6.07, 6.45) is 0. The van der Waals surface area contributed by atoms with E-state index in [9.17, 15) is 0 Å². The van der Waals surface area contributed by atoms with Crippen molar-refractivity contribution in [1.29, 1.82) is 0 Å². The largest absolute Gasteiger partial charge is 0.265 e. The van der Waals surface area contributed by atoms with Crippen molar-refractivity contribution in [3.63, 3.8) is 0 Å². The number of rotatable bonds is 2. The molecule has 2 aromatic rings. The molecule has 0 N–H and O–H groups in total. The third-order valence-corrected chi connectivity index (χ3v) is 4.57. The quantitative estimate of drug-likeness (QED) is 0.791. The van der Waals surface area contributed by atoms with Gasteiger partial charge in [0.2, 0.25) is 0 Å². The lowest BCUT2D eigenvalue weighted by molar-refractivity contribution is 0.653. The molecule has 0 aliphatic carbocycles. The van der Waals surface area contributed by atoms with Crippen LogP contribution in [0.5, 0.6) is 0 Å². The number of aryl methyl sites for hydroxylation is 2. The Hall–Kier alpha value is -1.57. The molecule has 19 heavy (non-hydrogen) atoms. The molecule has 0 aliphatic rings. The third kappa shape index (κ3) is 2.32. The second kappa shape index (κ2) is 4.84. The summed E-state index contributed by atoms with van der Waals surface area (Å²) in [5, 5.41) is 4.59. The highest BCUT2D eigenvalue weighted by molar-refractivity contribution is 5.49. The molecule has 0 bridgehead atoms. The summed E-state index contributed by atoms with van der Waals surface area (Å²) < 4.78 is 2.11. The van der Waals surface area contributed by atoms with Gasteiger partial charge in [-0.05, 0) is 87.9 Å². The average Bonchev–Trinajstić information content (AvgIpc) is 2.68. The van der Waals surface area contributed by atoms with E-state index >= 15 is 0 Å². The van der Waals surface area contributed by atoms with Crippen molar-refractivity contribution < 1.29 is 0 Å². The highest BCUT2D eigenvalue weighted by atomic mass is 15.3. The molecular weight excluding hydrogens is 232 g/mol. The molecule has 0 spiro atoms. The van der Waals surface area contributed by atoms with Crippen LogP contribution >= 0.6 is 0 Å². The van der Waals surface area contributed by atoms with E-state index in [1.807, 2.05) is 0 Å². The Morgan fingerprint density at radius 3 is 1.68 bits per heavy atom. The number of aromatic nitrogens is 2. The first kappa shape index (κ1) is 13.9. The molecule has 0 fully saturated rings. The standard InChI is InChI=1S/C17H24N2/c1-10-8-11(2)19(18-10)9-17-15(6)13(4)12(3)14(5)16(17)7/h8H,9H2,1-7H3. The summed E-state index contributed by atoms with van der Waals surface area (Å²) in [4.78, 5) is 0. The minimum atomic E-state index is 0.874. The molecule has 1 aromatic carbocycles. The van der Waals surface area contributed by atoms with Gasteiger partial charge in [-0.25, -0.2) is 0 Å². The van der Waals surface area contributed by atoms with E-state index < -0.39 is 0 Å². The minimum Gasteiger partial charge on any atom is -0.265 e. The maximum atomic E-state index is 4.59. The van der Waals surface area contributed by atoms with Gasteiger partial charge in [0.15, 0.2) is 0 Å². The molecule has 2 rings (SSSR count). The van der Waals surface area contributed by atoms with Gasteiger partial charge in [-0.3, -0.25) is 4.68 Å². The summed E-state index contributed by atoms with van der Waals surface area (Å²) in [5.74, 6) is 0. The molecule has 2 nitrogen and oxygen atoms in total. The van der Waals surface area contributed by atoms with E-state index in [0.717, 1.165) is 12.2 Å². The Bertz CT molecular complexity index is 604. The van der Waals surface area contributed by atoms with Crippen molar-refractivity contribution in [2.24, 2.45) is 0 Å². The molecule has 1 aromatic heterocycles. The first-order valence-electron chi connectivity index (χ1n) is 6.89. The van der Waals surface area contributed by atoms with Crippen molar-refractivity contribution in [1.82, 2.24) is 9.78 Å². The fraction of sp³-hybridized carbons (Fsp3) is 0.471. The first-order chi connectivity index (χ1) is 8.82. The molecular formula is C17H24N2. The van der Waals surface area contributed by atoms with E-state index in [4.69, 9.17) is 0 Å². The monoisotopic (exact) mass is 256 g/mol. The third-order valence-electron chi connectivity index (χ3n) is 4.57. The van der Waals surface area contributed by atoms with Crippen LogP contribution in [0.15, 0.2) is 6.07 Å². The van der Waals surface area contributed by atoms with Crippen LogP contribution in [-0.4, -0.2) is 9.78 Å². The number of hydrogen-bond donors (Lipinski definition) is 0. The molecule has 0 aliphatic heterocycles. The maximum Gasteiger partial charge on any atom is 0.0667 e. The van der Waals surface area contributed by atoms with Gasteiger partial charge in [0, 0.05) is 5.69 Å². The van der Waals surface area contributed by atoms with E-state index in [0.29, 0.717) is 0 Å². The normalized spacial score (nSPS) is 11.1. The number of benzene rings is 1. The fourth-order valence-corrected chi connectivity index (χ4v) is 2.80. The second-order valence-electron chi connectivity index (χ2n) is 5.69. The molecule has 0 atom stereocenters. The van der Waals surface area contributed by atoms with Crippen LogP contribution in [0.1, 0.15) is 44.8 Å². The van der Waals surface area contributed by atoms with Crippen molar-refractivity contribution in [2.75, 3.05) is 0 Å². The van der Waals surface area contributed by atoms with E-state index in [2.05, 4.69) is 64.3 Å². The fourth-order valence-electron chi connectivity index (χ4n) is 2.80. The summed E-state index contributed by atoms with van der Waals surface area (Å²) in [7, 11) is 0. The Labute approximate surface area is 116 Å². The predicted molar refractivity (Wildman–Crippen MR) is 80.9 cm³/mol. The van der Waals surface area contributed by atoms with Crippen LogP contribution in [0, 0.1) is 48.5 Å². The molecule has 102 valence electrons. The van der Waals surface area contributed by atoms with Crippen LogP contribution in [0.2, 0.25) is 0 Å². The van der Waals surface area contributed by atoms with Crippen LogP contribution in [-0.2, 0) is 6.54 Å². The number of hydrogen-bond acceptors (Lipinski definition) is 1. The Balaban J connectivity index is 2.55. The lowest BCUT2D eigenvalue weighted by Crippen LogP contribution is -2.10. The van der Waals surface area contributed by atoms with Gasteiger partial charge in [-0.1, -0.05) is 0 Å². The molecule has 0 unspecified atom stereocenters. The molecule has 0 saturated carbocycles. The average molecular weight is 256 g/mol. The first-order valence-corrected chi connectivity index (χ1v) is 6.89. The lowest BCUT2D eigenvalue weighted by Gasteiger charge is -2.19. The number of nitrogens with zero attached hydrogens (tertiary/aromatic N) is 2. The molecule has 0 amide bonds. The zero-order valence-electron chi connectivity index (χ0n) is 13.2. The van der Waals surface area contributed by atoms with E-state index in [1.165, 1.54) is 39.1 Å². The molecule has 0 radical (unpaired) electrons. The highest BCUT2D eigenvalue weighted by Gasteiger charge is 2.13. The van der Waals surface area contributed by atoms with Crippen molar-refractivity contribution in [3.8, 4) is 0 Å². The SMILES string of the molecule is Cc1cc(C)n(Cc2c(C)c(C)c(C)c(C)c2C)n1. The molecule has 1 heterocycles. The van der Waals surface area contributed by atoms with Crippen LogP contribution in [0.25, 0.3) is 0 Å². The van der Waals surface area contributed by atoms with Gasteiger partial charge >= 0.3 is 0 Å². The zero-order valence-corrected chi connectivity index (χ0v) is 13.2. The van der Waals surface area contributed by atoms with E-state index in [-0.39, 0.29) is 0 Å². The van der Waals surface area contributed by atoms with Gasteiger partial charge in [-0.2, -0.15) is 5.10 Å². The summed E-state index contributed by atoms with van der Waals surface area (Å²) >= 11 is 0. The van der Waals surface area contributed by atoms with Gasteiger partial charge in [0.25, 0.3) is 0 Å². The van der Waals surface area contributed by atoms with Gasteiger partial charge in [-0.15, -0.1) is 0 Å². The predicted octanol–water partition coefficient (Wildman–Crippen LogP) is 4.09. The van der Waals surface area contributed by atoms with Crippen molar-refractivity contribution in [2.45, 2.75) is 55.0 Å². The summed E-state index contributed by atoms with van der Waals surface area (Å²) in [6, 6.07) is 2.14. The smallest absolute Gasteiger partial charge is 0.0667 e. The van der Waals surface area contributed by atoms with Crippen LogP contribution in [0.3, 0.4) is 0 Å². The second-order valence-corrected chi connectivity index (χ2v) is 5.69. The van der Waals surface area contributed by atoms with E-state index in [1.54, 1.807) is 0 Å². The summed E-state index contributed by atoms with van der Waals surface area (Å²) in [5.41, 5.74) is 10.8. The van der Waals surface area contributed by atoms with Crippen molar-refractivity contribution >= 4 is 0 Å². The van der Waals surface area contributed by atoms with Crippen LogP contribution < -0.4 is 0 Å². The Morgan fingerprint density at radius 2 is 1.26 bits per heavy atom. The van der Waals surface area contributed by atoms with Gasteiger partial charge in [0.1, 0.15) is 0 Å². The highest BCUT2D eigenvalue weighted by Crippen LogP contribution is 2.26. The van der Waals surface area contributed by atoms with Crippen LogP contribution in [0.4, 0.5) is 0 Å². The zero-order chi connectivity index (χ0) is 14.3. The van der Waals surface area contributed by atoms with Gasteiger partial charge < -0.3 is 0 Å². The summed E-state index contributed by atoms with van der Waals surface area (Å²) in [6.45, 7) is 16.2. The minimum absolute atomic E-state index is 0.874. The lowest BCUT2D eigenvalue weighted by atomic mass is 9.89. The molecule has 0 saturated heterocycles. The van der Waals surface area contributed by atoms with Crippen molar-refractivity contribution in [3.05, 3.63) is 50.8 Å². The Kier molecular flexibility index (Phi) is 3.53. The molecule has 2 heteroatoms.